The molecule has 0 N–H and O–H groups in total. The van der Waals surface area contributed by atoms with E-state index in [2.05, 4.69) is 0 Å². The van der Waals surface area contributed by atoms with Crippen molar-refractivity contribution in [3.05, 3.63) is 35.4 Å². The molecule has 0 aliphatic carbocycles. The molecule has 0 heterocycles. The minimum absolute atomic E-state index is 0. The maximum absolute atomic E-state index is 10.1. The van der Waals surface area contributed by atoms with Gasteiger partial charge in [-0.2, -0.15) is 0 Å². The Balaban J connectivity index is 0.00000144. The van der Waals surface area contributed by atoms with E-state index in [9.17, 15) is 9.90 Å². The number of carboxylic acid groups (broad SMARTS) is 1. The van der Waals surface area contributed by atoms with Crippen LogP contribution in [-0.2, 0) is 11.2 Å². The number of carbonyl (C=O) groups is 1. The first-order chi connectivity index (χ1) is 5.68. The fourth-order valence-electron chi connectivity index (χ4n) is 1.00. The Morgan fingerprint density at radius 3 is 2.31 bits per heavy atom. The molecule has 0 spiro atoms. The van der Waals surface area contributed by atoms with E-state index in [1.165, 1.54) is 5.56 Å². The van der Waals surface area contributed by atoms with E-state index >= 15 is 0 Å². The molecule has 0 unspecified atom stereocenters. The number of rotatable bonds is 3. The summed E-state index contributed by atoms with van der Waals surface area (Å²) in [6.45, 7) is 2.00. The SMILES string of the molecule is Cc1ccc(CCC(=O)[O-])cc1.[Na+]. The molecule has 3 heteroatoms. The van der Waals surface area contributed by atoms with E-state index in [1.807, 2.05) is 31.2 Å². The first kappa shape index (κ1) is 12.7. The summed E-state index contributed by atoms with van der Waals surface area (Å²) in [4.78, 5) is 10.1. The third-order valence-corrected chi connectivity index (χ3v) is 1.74. The molecular formula is C10H11NaO2. The summed E-state index contributed by atoms with van der Waals surface area (Å²) < 4.78 is 0. The van der Waals surface area contributed by atoms with Crippen LogP contribution in [0, 0.1) is 6.92 Å². The van der Waals surface area contributed by atoms with Crippen molar-refractivity contribution >= 4 is 5.97 Å². The van der Waals surface area contributed by atoms with Crippen LogP contribution >= 0.6 is 0 Å². The molecule has 13 heavy (non-hydrogen) atoms. The molecule has 1 rings (SSSR count). The maximum atomic E-state index is 10.1. The first-order valence-electron chi connectivity index (χ1n) is 3.94. The molecule has 0 saturated carbocycles. The van der Waals surface area contributed by atoms with E-state index in [0.717, 1.165) is 5.56 Å². The number of hydrogen-bond donors (Lipinski definition) is 0. The number of aryl methyl sites for hydroxylation is 2. The summed E-state index contributed by atoms with van der Waals surface area (Å²) in [6.07, 6.45) is 0.658. The second-order valence-corrected chi connectivity index (χ2v) is 2.86. The first-order valence-corrected chi connectivity index (χ1v) is 3.94. The molecule has 0 aliphatic heterocycles. The van der Waals surface area contributed by atoms with Crippen molar-refractivity contribution in [2.75, 3.05) is 0 Å². The monoisotopic (exact) mass is 186 g/mol. The molecule has 0 aliphatic rings. The summed E-state index contributed by atoms with van der Waals surface area (Å²) in [5.74, 6) is -0.990. The second kappa shape index (κ2) is 6.19. The molecule has 0 amide bonds. The Morgan fingerprint density at radius 1 is 1.31 bits per heavy atom. The van der Waals surface area contributed by atoms with Crippen molar-refractivity contribution in [2.24, 2.45) is 0 Å². The van der Waals surface area contributed by atoms with Gasteiger partial charge in [-0.05, 0) is 25.3 Å². The molecular weight excluding hydrogens is 175 g/mol. The van der Waals surface area contributed by atoms with Crippen LogP contribution in [-0.4, -0.2) is 5.97 Å². The van der Waals surface area contributed by atoms with Gasteiger partial charge in [-0.25, -0.2) is 0 Å². The third-order valence-electron chi connectivity index (χ3n) is 1.74. The number of hydrogen-bond acceptors (Lipinski definition) is 2. The van der Waals surface area contributed by atoms with Crippen LogP contribution in [0.5, 0.6) is 0 Å². The summed E-state index contributed by atoms with van der Waals surface area (Å²) in [5, 5.41) is 10.1. The summed E-state index contributed by atoms with van der Waals surface area (Å²) in [7, 11) is 0. The Hall–Kier alpha value is -0.310. The number of carboxylic acids is 1. The van der Waals surface area contributed by atoms with Crippen LogP contribution in [0.3, 0.4) is 0 Å². The Kier molecular flexibility index (Phi) is 6.04. The van der Waals surface area contributed by atoms with E-state index in [1.54, 1.807) is 0 Å². The predicted molar refractivity (Wildman–Crippen MR) is 44.5 cm³/mol. The molecule has 64 valence electrons. The van der Waals surface area contributed by atoms with Crippen molar-refractivity contribution in [3.63, 3.8) is 0 Å². The fourth-order valence-corrected chi connectivity index (χ4v) is 1.00. The standard InChI is InChI=1S/C10H12O2.Na/c1-8-2-4-9(5-3-8)6-7-10(11)12;/h2-5H,6-7H2,1H3,(H,11,12);/q;+1/p-1. The van der Waals surface area contributed by atoms with Gasteiger partial charge in [-0.1, -0.05) is 29.8 Å². The minimum atomic E-state index is -0.990. The normalized spacial score (nSPS) is 9.00. The topological polar surface area (TPSA) is 40.1 Å². The molecule has 1 aromatic carbocycles. The van der Waals surface area contributed by atoms with Crippen molar-refractivity contribution in [1.82, 2.24) is 0 Å². The van der Waals surface area contributed by atoms with Crippen LogP contribution in [0.15, 0.2) is 24.3 Å². The molecule has 0 radical (unpaired) electrons. The minimum Gasteiger partial charge on any atom is -0.550 e. The maximum Gasteiger partial charge on any atom is 1.00 e. The van der Waals surface area contributed by atoms with Gasteiger partial charge in [0.1, 0.15) is 0 Å². The molecule has 0 aromatic heterocycles. The quantitative estimate of drug-likeness (QED) is 0.497. The Morgan fingerprint density at radius 2 is 1.85 bits per heavy atom. The molecule has 0 fully saturated rings. The van der Waals surface area contributed by atoms with Gasteiger partial charge in [-0.3, -0.25) is 0 Å². The predicted octanol–water partition coefficient (Wildman–Crippen LogP) is -2.32. The summed E-state index contributed by atoms with van der Waals surface area (Å²) in [5.41, 5.74) is 2.23. The van der Waals surface area contributed by atoms with Crippen molar-refractivity contribution in [2.45, 2.75) is 19.8 Å². The van der Waals surface area contributed by atoms with Gasteiger partial charge in [0, 0.05) is 5.97 Å². The molecule has 2 nitrogen and oxygen atoms in total. The van der Waals surface area contributed by atoms with E-state index in [0.29, 0.717) is 6.42 Å². The third kappa shape index (κ3) is 5.09. The number of aliphatic carboxylic acids is 1. The van der Waals surface area contributed by atoms with Gasteiger partial charge in [0.25, 0.3) is 0 Å². The fraction of sp³-hybridized carbons (Fsp3) is 0.300. The molecule has 0 saturated heterocycles. The average Bonchev–Trinajstić information content (AvgIpc) is 2.03. The zero-order valence-corrected chi connectivity index (χ0v) is 10.0. The van der Waals surface area contributed by atoms with Gasteiger partial charge in [-0.15, -0.1) is 0 Å². The van der Waals surface area contributed by atoms with Crippen LogP contribution in [0.1, 0.15) is 17.5 Å². The largest absolute Gasteiger partial charge is 1.00 e. The van der Waals surface area contributed by atoms with E-state index < -0.39 is 5.97 Å². The van der Waals surface area contributed by atoms with Crippen molar-refractivity contribution < 1.29 is 39.5 Å². The average molecular weight is 186 g/mol. The number of carbonyl (C=O) groups excluding carboxylic acids is 1. The van der Waals surface area contributed by atoms with Crippen molar-refractivity contribution in [1.29, 1.82) is 0 Å². The molecule has 0 atom stereocenters. The van der Waals surface area contributed by atoms with Crippen molar-refractivity contribution in [3.8, 4) is 0 Å². The summed E-state index contributed by atoms with van der Waals surface area (Å²) in [6, 6.07) is 7.84. The van der Waals surface area contributed by atoms with E-state index in [-0.39, 0.29) is 36.0 Å². The summed E-state index contributed by atoms with van der Waals surface area (Å²) >= 11 is 0. The zero-order chi connectivity index (χ0) is 8.97. The van der Waals surface area contributed by atoms with Crippen LogP contribution < -0.4 is 34.7 Å². The zero-order valence-electron chi connectivity index (χ0n) is 8.04. The van der Waals surface area contributed by atoms with Gasteiger partial charge in [0.05, 0.1) is 0 Å². The second-order valence-electron chi connectivity index (χ2n) is 2.86. The van der Waals surface area contributed by atoms with Crippen LogP contribution in [0.2, 0.25) is 0 Å². The van der Waals surface area contributed by atoms with E-state index in [4.69, 9.17) is 0 Å². The van der Waals surface area contributed by atoms with Gasteiger partial charge >= 0.3 is 29.6 Å². The van der Waals surface area contributed by atoms with Crippen LogP contribution in [0.25, 0.3) is 0 Å². The van der Waals surface area contributed by atoms with Gasteiger partial charge in [0.15, 0.2) is 0 Å². The molecule has 0 bridgehead atoms. The van der Waals surface area contributed by atoms with Crippen LogP contribution in [0.4, 0.5) is 0 Å². The van der Waals surface area contributed by atoms with Gasteiger partial charge < -0.3 is 9.90 Å². The van der Waals surface area contributed by atoms with Gasteiger partial charge in [0.2, 0.25) is 0 Å². The smallest absolute Gasteiger partial charge is 0.550 e. The number of benzene rings is 1. The molecule has 1 aromatic rings. The Bertz CT molecular complexity index is 267. The Labute approximate surface area is 100 Å².